The third-order valence-corrected chi connectivity index (χ3v) is 6.10. The summed E-state index contributed by atoms with van der Waals surface area (Å²) in [5.41, 5.74) is 2.43. The van der Waals surface area contributed by atoms with Crippen LogP contribution in [0.25, 0.3) is 10.9 Å². The smallest absolute Gasteiger partial charge is 0.410 e. The summed E-state index contributed by atoms with van der Waals surface area (Å²) >= 11 is 3.52. The van der Waals surface area contributed by atoms with E-state index in [1.165, 1.54) is 6.07 Å². The third kappa shape index (κ3) is 3.61. The molecule has 1 aromatic heterocycles. The van der Waals surface area contributed by atoms with E-state index < -0.39 is 17.2 Å². The molecule has 2 aliphatic rings. The van der Waals surface area contributed by atoms with Crippen LogP contribution in [0.3, 0.4) is 0 Å². The summed E-state index contributed by atoms with van der Waals surface area (Å²) in [4.78, 5) is 18.9. The molecule has 1 saturated carbocycles. The number of aromatic nitrogens is 1. The summed E-state index contributed by atoms with van der Waals surface area (Å²) in [5, 5.41) is 0.214. The minimum Gasteiger partial charge on any atom is -0.444 e. The Morgan fingerprint density at radius 2 is 1.93 bits per heavy atom. The van der Waals surface area contributed by atoms with Gasteiger partial charge in [-0.25, -0.2) is 13.6 Å². The highest BCUT2D eigenvalue weighted by Gasteiger charge is 2.31. The number of halogens is 3. The SMILES string of the molecule is CC(C)(C)OC(=O)N1CCc2nc3c(C4CC4)cc(F)c(F)c3c(Br)c2CC1. The van der Waals surface area contributed by atoms with Gasteiger partial charge in [0.2, 0.25) is 0 Å². The number of carbonyl (C=O) groups excluding carboxylic acids is 1. The number of carbonyl (C=O) groups is 1. The van der Waals surface area contributed by atoms with Gasteiger partial charge < -0.3 is 9.64 Å². The molecular formula is C21H23BrF2N2O2. The van der Waals surface area contributed by atoms with E-state index in [1.54, 1.807) is 4.90 Å². The summed E-state index contributed by atoms with van der Waals surface area (Å²) in [7, 11) is 0. The van der Waals surface area contributed by atoms with Gasteiger partial charge >= 0.3 is 6.09 Å². The van der Waals surface area contributed by atoms with Crippen LogP contribution in [-0.4, -0.2) is 34.7 Å². The van der Waals surface area contributed by atoms with Crippen molar-refractivity contribution in [1.82, 2.24) is 9.88 Å². The fourth-order valence-corrected chi connectivity index (χ4v) is 4.50. The number of fused-ring (bicyclic) bond motifs is 2. The van der Waals surface area contributed by atoms with E-state index >= 15 is 0 Å². The maximum atomic E-state index is 14.7. The highest BCUT2D eigenvalue weighted by atomic mass is 79.9. The van der Waals surface area contributed by atoms with E-state index in [1.807, 2.05) is 20.8 Å². The van der Waals surface area contributed by atoms with Crippen LogP contribution in [0, 0.1) is 11.6 Å². The minimum absolute atomic E-state index is 0.214. The van der Waals surface area contributed by atoms with Crippen molar-refractivity contribution in [3.05, 3.63) is 39.0 Å². The molecule has 0 saturated heterocycles. The lowest BCUT2D eigenvalue weighted by Gasteiger charge is -2.26. The van der Waals surface area contributed by atoms with E-state index in [9.17, 15) is 13.6 Å². The average molecular weight is 453 g/mol. The molecule has 0 bridgehead atoms. The van der Waals surface area contributed by atoms with E-state index in [0.717, 1.165) is 29.7 Å². The van der Waals surface area contributed by atoms with Crippen LogP contribution in [0.4, 0.5) is 13.6 Å². The molecule has 1 fully saturated rings. The van der Waals surface area contributed by atoms with Gasteiger partial charge in [-0.1, -0.05) is 0 Å². The number of nitrogens with zero attached hydrogens (tertiary/aromatic N) is 2. The van der Waals surface area contributed by atoms with Crippen LogP contribution < -0.4 is 0 Å². The molecule has 7 heteroatoms. The Labute approximate surface area is 171 Å². The Balaban J connectivity index is 1.73. The average Bonchev–Trinajstić information content (AvgIpc) is 3.43. The van der Waals surface area contributed by atoms with Crippen molar-refractivity contribution in [3.63, 3.8) is 0 Å². The molecule has 150 valence electrons. The number of rotatable bonds is 1. The molecule has 0 spiro atoms. The maximum absolute atomic E-state index is 14.7. The first-order valence-corrected chi connectivity index (χ1v) is 10.4. The van der Waals surface area contributed by atoms with Crippen LogP contribution in [0.15, 0.2) is 10.5 Å². The normalized spacial score (nSPS) is 17.4. The van der Waals surface area contributed by atoms with E-state index in [-0.39, 0.29) is 17.4 Å². The van der Waals surface area contributed by atoms with Gasteiger partial charge in [0.15, 0.2) is 11.6 Å². The number of ether oxygens (including phenoxy) is 1. The van der Waals surface area contributed by atoms with Crippen LogP contribution in [-0.2, 0) is 17.6 Å². The first-order chi connectivity index (χ1) is 13.2. The molecule has 4 rings (SSSR count). The fourth-order valence-electron chi connectivity index (χ4n) is 3.71. The van der Waals surface area contributed by atoms with Crippen molar-refractivity contribution in [3.8, 4) is 0 Å². The van der Waals surface area contributed by atoms with Gasteiger partial charge in [0, 0.05) is 29.7 Å². The first-order valence-electron chi connectivity index (χ1n) is 9.62. The van der Waals surface area contributed by atoms with Crippen molar-refractivity contribution in [2.75, 3.05) is 13.1 Å². The van der Waals surface area contributed by atoms with E-state index in [0.29, 0.717) is 35.9 Å². The topological polar surface area (TPSA) is 42.4 Å². The molecule has 28 heavy (non-hydrogen) atoms. The molecule has 0 radical (unpaired) electrons. The molecule has 1 aliphatic carbocycles. The van der Waals surface area contributed by atoms with Crippen LogP contribution in [0.2, 0.25) is 0 Å². The Morgan fingerprint density at radius 3 is 2.57 bits per heavy atom. The molecule has 0 N–H and O–H groups in total. The Morgan fingerprint density at radius 1 is 1.25 bits per heavy atom. The summed E-state index contributed by atoms with van der Waals surface area (Å²) in [6.45, 7) is 6.42. The third-order valence-electron chi connectivity index (χ3n) is 5.22. The first kappa shape index (κ1) is 19.6. The standard InChI is InChI=1S/C21H23BrF2N2O2/c1-21(2,3)28-20(27)26-8-6-12-15(7-9-26)25-19-13(11-4-5-11)10-14(23)18(24)16(19)17(12)22/h10-11H,4-9H2,1-3H3. The van der Waals surface area contributed by atoms with Gasteiger partial charge in [0.05, 0.1) is 10.9 Å². The van der Waals surface area contributed by atoms with Crippen LogP contribution in [0.1, 0.15) is 56.4 Å². The molecule has 2 heterocycles. The number of amides is 1. The second kappa shape index (κ2) is 6.94. The number of pyridine rings is 1. The molecule has 1 aromatic carbocycles. The van der Waals surface area contributed by atoms with Crippen molar-refractivity contribution in [2.45, 2.75) is 58.0 Å². The summed E-state index contributed by atoms with van der Waals surface area (Å²) in [5.74, 6) is -1.45. The number of hydrogen-bond donors (Lipinski definition) is 0. The predicted octanol–water partition coefficient (Wildman–Crippen LogP) is 5.49. The van der Waals surface area contributed by atoms with E-state index in [4.69, 9.17) is 9.72 Å². The summed E-state index contributed by atoms with van der Waals surface area (Å²) in [6.07, 6.45) is 2.64. The highest BCUT2D eigenvalue weighted by Crippen LogP contribution is 2.45. The van der Waals surface area contributed by atoms with Gasteiger partial charge in [-0.3, -0.25) is 4.98 Å². The molecule has 1 aliphatic heterocycles. The van der Waals surface area contributed by atoms with Gasteiger partial charge in [-0.15, -0.1) is 0 Å². The maximum Gasteiger partial charge on any atom is 0.410 e. The van der Waals surface area contributed by atoms with E-state index in [2.05, 4.69) is 15.9 Å². The molecule has 0 atom stereocenters. The monoisotopic (exact) mass is 452 g/mol. The van der Waals surface area contributed by atoms with Crippen molar-refractivity contribution >= 4 is 32.9 Å². The minimum atomic E-state index is -0.866. The molecule has 4 nitrogen and oxygen atoms in total. The second-order valence-electron chi connectivity index (χ2n) is 8.58. The number of benzene rings is 1. The second-order valence-corrected chi connectivity index (χ2v) is 9.37. The molecule has 0 unspecified atom stereocenters. The molecular weight excluding hydrogens is 430 g/mol. The lowest BCUT2D eigenvalue weighted by Crippen LogP contribution is -2.38. The summed E-state index contributed by atoms with van der Waals surface area (Å²) in [6, 6.07) is 1.30. The van der Waals surface area contributed by atoms with Gasteiger partial charge in [0.25, 0.3) is 0 Å². The van der Waals surface area contributed by atoms with Crippen LogP contribution >= 0.6 is 15.9 Å². The Bertz CT molecular complexity index is 968. The molecule has 1 amide bonds. The Kier molecular flexibility index (Phi) is 4.84. The van der Waals surface area contributed by atoms with Crippen molar-refractivity contribution in [2.24, 2.45) is 0 Å². The lowest BCUT2D eigenvalue weighted by molar-refractivity contribution is 0.0258. The predicted molar refractivity (Wildman–Crippen MR) is 107 cm³/mol. The fraction of sp³-hybridized carbons (Fsp3) is 0.524. The zero-order valence-corrected chi connectivity index (χ0v) is 17.8. The zero-order chi connectivity index (χ0) is 20.2. The highest BCUT2D eigenvalue weighted by molar-refractivity contribution is 9.10. The van der Waals surface area contributed by atoms with Crippen molar-refractivity contribution in [1.29, 1.82) is 0 Å². The molecule has 2 aromatic rings. The zero-order valence-electron chi connectivity index (χ0n) is 16.2. The quantitative estimate of drug-likeness (QED) is 0.574. The van der Waals surface area contributed by atoms with Crippen LogP contribution in [0.5, 0.6) is 0 Å². The van der Waals surface area contributed by atoms with Crippen molar-refractivity contribution < 1.29 is 18.3 Å². The lowest BCUT2D eigenvalue weighted by atomic mass is 10.00. The Hall–Kier alpha value is -1.76. The van der Waals surface area contributed by atoms with Gasteiger partial charge in [-0.2, -0.15) is 0 Å². The largest absolute Gasteiger partial charge is 0.444 e. The van der Waals surface area contributed by atoms with Gasteiger partial charge in [-0.05, 0) is 79.1 Å². The summed E-state index contributed by atoms with van der Waals surface area (Å²) < 4.78 is 34.9. The number of hydrogen-bond acceptors (Lipinski definition) is 3. The van der Waals surface area contributed by atoms with Gasteiger partial charge in [0.1, 0.15) is 5.60 Å².